The van der Waals surface area contributed by atoms with Crippen LogP contribution in [0, 0.1) is 0 Å². The number of rotatable bonds is 2. The Balaban J connectivity index is 2.27. The van der Waals surface area contributed by atoms with E-state index in [0.717, 1.165) is 5.39 Å². The van der Waals surface area contributed by atoms with Crippen molar-refractivity contribution in [2.45, 2.75) is 9.92 Å². The molecule has 0 aliphatic rings. The molecule has 0 aliphatic heterocycles. The summed E-state index contributed by atoms with van der Waals surface area (Å²) in [6.45, 7) is 0. The molecular formula is C15H10ClNO2S. The summed E-state index contributed by atoms with van der Waals surface area (Å²) in [6.07, 6.45) is 1.51. The fraction of sp³-hybridized carbons (Fsp3) is 0. The number of sulfone groups is 1. The monoisotopic (exact) mass is 303 g/mol. The lowest BCUT2D eigenvalue weighted by Gasteiger charge is -2.07. The Labute approximate surface area is 121 Å². The zero-order chi connectivity index (χ0) is 14.2. The SMILES string of the molecule is O=S(=O)(c1ccc(Cl)cc1)c1nccc2ccccc12. The highest BCUT2D eigenvalue weighted by Crippen LogP contribution is 2.26. The Bertz CT molecular complexity index is 869. The van der Waals surface area contributed by atoms with E-state index in [2.05, 4.69) is 4.98 Å². The van der Waals surface area contributed by atoms with Gasteiger partial charge in [0.25, 0.3) is 0 Å². The van der Waals surface area contributed by atoms with E-state index in [1.165, 1.54) is 18.3 Å². The molecule has 0 saturated heterocycles. The van der Waals surface area contributed by atoms with Gasteiger partial charge in [0.2, 0.25) is 9.84 Å². The second-order valence-corrected chi connectivity index (χ2v) is 6.60. The summed E-state index contributed by atoms with van der Waals surface area (Å²) >= 11 is 5.79. The van der Waals surface area contributed by atoms with Crippen molar-refractivity contribution < 1.29 is 8.42 Å². The third-order valence-corrected chi connectivity index (χ3v) is 4.99. The molecule has 20 heavy (non-hydrogen) atoms. The van der Waals surface area contributed by atoms with Crippen molar-refractivity contribution in [3.8, 4) is 0 Å². The maximum atomic E-state index is 12.7. The lowest BCUT2D eigenvalue weighted by Crippen LogP contribution is -2.05. The van der Waals surface area contributed by atoms with Gasteiger partial charge in [0.1, 0.15) is 0 Å². The second-order valence-electron chi connectivity index (χ2n) is 4.29. The normalized spacial score (nSPS) is 11.7. The molecule has 0 unspecified atom stereocenters. The van der Waals surface area contributed by atoms with Crippen LogP contribution in [0.4, 0.5) is 0 Å². The van der Waals surface area contributed by atoms with Crippen LogP contribution in [-0.2, 0) is 9.84 Å². The van der Waals surface area contributed by atoms with Crippen molar-refractivity contribution in [3.63, 3.8) is 0 Å². The summed E-state index contributed by atoms with van der Waals surface area (Å²) < 4.78 is 25.3. The van der Waals surface area contributed by atoms with E-state index in [-0.39, 0.29) is 9.92 Å². The lowest BCUT2D eigenvalue weighted by molar-refractivity contribution is 0.593. The molecule has 0 bridgehead atoms. The van der Waals surface area contributed by atoms with E-state index in [4.69, 9.17) is 11.6 Å². The van der Waals surface area contributed by atoms with Crippen LogP contribution in [0.3, 0.4) is 0 Å². The minimum absolute atomic E-state index is 0.0675. The Hall–Kier alpha value is -1.91. The Morgan fingerprint density at radius 2 is 1.60 bits per heavy atom. The van der Waals surface area contributed by atoms with Crippen LogP contribution in [0.1, 0.15) is 0 Å². The molecule has 2 aromatic carbocycles. The number of nitrogens with zero attached hydrogens (tertiary/aromatic N) is 1. The van der Waals surface area contributed by atoms with Crippen LogP contribution in [0.15, 0.2) is 70.7 Å². The van der Waals surface area contributed by atoms with Gasteiger partial charge in [-0.1, -0.05) is 35.9 Å². The third kappa shape index (κ3) is 2.17. The van der Waals surface area contributed by atoms with E-state index < -0.39 is 9.84 Å². The fourth-order valence-electron chi connectivity index (χ4n) is 2.03. The number of benzene rings is 2. The van der Waals surface area contributed by atoms with Crippen molar-refractivity contribution in [1.29, 1.82) is 0 Å². The molecule has 0 saturated carbocycles. The zero-order valence-corrected chi connectivity index (χ0v) is 11.9. The highest BCUT2D eigenvalue weighted by molar-refractivity contribution is 7.91. The first-order valence-electron chi connectivity index (χ1n) is 5.93. The predicted octanol–water partition coefficient (Wildman–Crippen LogP) is 3.72. The number of hydrogen-bond donors (Lipinski definition) is 0. The molecule has 5 heteroatoms. The molecule has 1 aromatic heterocycles. The highest BCUT2D eigenvalue weighted by atomic mass is 35.5. The summed E-state index contributed by atoms with van der Waals surface area (Å²) in [5.74, 6) is 0. The quantitative estimate of drug-likeness (QED) is 0.725. The standard InChI is InChI=1S/C15H10ClNO2S/c16-12-5-7-13(8-6-12)20(18,19)15-14-4-2-1-3-11(14)9-10-17-15/h1-10H. The molecule has 3 nitrogen and oxygen atoms in total. The van der Waals surface area contributed by atoms with Gasteiger partial charge in [0.15, 0.2) is 5.03 Å². The molecule has 0 amide bonds. The summed E-state index contributed by atoms with van der Waals surface area (Å²) in [7, 11) is -3.65. The van der Waals surface area contributed by atoms with Crippen molar-refractivity contribution in [1.82, 2.24) is 4.98 Å². The average Bonchev–Trinajstić information content (AvgIpc) is 2.47. The lowest BCUT2D eigenvalue weighted by atomic mass is 10.2. The van der Waals surface area contributed by atoms with Gasteiger partial charge in [-0.05, 0) is 35.7 Å². The van der Waals surface area contributed by atoms with Crippen LogP contribution in [0.25, 0.3) is 10.8 Å². The molecule has 0 aliphatic carbocycles. The maximum absolute atomic E-state index is 12.7. The fourth-order valence-corrected chi connectivity index (χ4v) is 3.55. The van der Waals surface area contributed by atoms with E-state index in [0.29, 0.717) is 10.4 Å². The van der Waals surface area contributed by atoms with Gasteiger partial charge >= 0.3 is 0 Å². The number of pyridine rings is 1. The van der Waals surface area contributed by atoms with Gasteiger partial charge in [-0.3, -0.25) is 0 Å². The summed E-state index contributed by atoms with van der Waals surface area (Å²) in [6, 6.07) is 15.1. The van der Waals surface area contributed by atoms with Crippen LogP contribution in [-0.4, -0.2) is 13.4 Å². The largest absolute Gasteiger partial charge is 0.244 e. The van der Waals surface area contributed by atoms with Gasteiger partial charge in [0, 0.05) is 16.6 Å². The molecule has 0 N–H and O–H groups in total. The van der Waals surface area contributed by atoms with E-state index in [1.807, 2.05) is 12.1 Å². The van der Waals surface area contributed by atoms with Crippen molar-refractivity contribution in [2.75, 3.05) is 0 Å². The first kappa shape index (κ1) is 13.1. The number of fused-ring (bicyclic) bond motifs is 1. The summed E-state index contributed by atoms with van der Waals surface area (Å²) in [4.78, 5) is 4.24. The van der Waals surface area contributed by atoms with E-state index in [9.17, 15) is 8.42 Å². The zero-order valence-electron chi connectivity index (χ0n) is 10.3. The number of hydrogen-bond acceptors (Lipinski definition) is 3. The van der Waals surface area contributed by atoms with Gasteiger partial charge in [0.05, 0.1) is 4.90 Å². The molecular weight excluding hydrogens is 294 g/mol. The van der Waals surface area contributed by atoms with Gasteiger partial charge in [-0.15, -0.1) is 0 Å². The van der Waals surface area contributed by atoms with Gasteiger partial charge < -0.3 is 0 Å². The first-order valence-corrected chi connectivity index (χ1v) is 7.79. The Kier molecular flexibility index (Phi) is 3.20. The minimum atomic E-state index is -3.65. The second kappa shape index (κ2) is 4.89. The number of halogens is 1. The average molecular weight is 304 g/mol. The molecule has 0 radical (unpaired) electrons. The molecule has 3 aromatic rings. The first-order chi connectivity index (χ1) is 9.59. The van der Waals surface area contributed by atoms with Crippen molar-refractivity contribution >= 4 is 32.2 Å². The third-order valence-electron chi connectivity index (χ3n) is 3.02. The molecule has 100 valence electrons. The van der Waals surface area contributed by atoms with Crippen LogP contribution in [0.2, 0.25) is 5.02 Å². The predicted molar refractivity (Wildman–Crippen MR) is 78.6 cm³/mol. The minimum Gasteiger partial charge on any atom is -0.244 e. The smallest absolute Gasteiger partial charge is 0.224 e. The van der Waals surface area contributed by atoms with Crippen LogP contribution >= 0.6 is 11.6 Å². The van der Waals surface area contributed by atoms with E-state index in [1.54, 1.807) is 30.3 Å². The summed E-state index contributed by atoms with van der Waals surface area (Å²) in [5.41, 5.74) is 0. The maximum Gasteiger partial charge on any atom is 0.224 e. The van der Waals surface area contributed by atoms with Crippen molar-refractivity contribution in [2.24, 2.45) is 0 Å². The van der Waals surface area contributed by atoms with Gasteiger partial charge in [-0.2, -0.15) is 0 Å². The Morgan fingerprint density at radius 1 is 0.900 bits per heavy atom. The topological polar surface area (TPSA) is 47.0 Å². The molecule has 0 fully saturated rings. The van der Waals surface area contributed by atoms with Crippen LogP contribution in [0.5, 0.6) is 0 Å². The van der Waals surface area contributed by atoms with Gasteiger partial charge in [-0.25, -0.2) is 13.4 Å². The summed E-state index contributed by atoms with van der Waals surface area (Å²) in [5, 5.41) is 2.02. The molecule has 3 rings (SSSR count). The van der Waals surface area contributed by atoms with Crippen LogP contribution < -0.4 is 0 Å². The molecule has 0 atom stereocenters. The molecule has 1 heterocycles. The highest BCUT2D eigenvalue weighted by Gasteiger charge is 2.21. The number of aromatic nitrogens is 1. The van der Waals surface area contributed by atoms with Crippen molar-refractivity contribution in [3.05, 3.63) is 65.8 Å². The Morgan fingerprint density at radius 3 is 2.35 bits per heavy atom. The van der Waals surface area contributed by atoms with E-state index >= 15 is 0 Å². The molecule has 0 spiro atoms.